The van der Waals surface area contributed by atoms with Crippen LogP contribution >= 0.6 is 0 Å². The van der Waals surface area contributed by atoms with Crippen LogP contribution in [0.25, 0.3) is 0 Å². The lowest BCUT2D eigenvalue weighted by molar-refractivity contribution is 0.0568. The van der Waals surface area contributed by atoms with Crippen LogP contribution in [0.2, 0.25) is 0 Å². The van der Waals surface area contributed by atoms with Crippen molar-refractivity contribution in [3.8, 4) is 0 Å². The summed E-state index contributed by atoms with van der Waals surface area (Å²) in [5, 5.41) is 9.22. The Morgan fingerprint density at radius 3 is 2.21 bits per heavy atom. The van der Waals surface area contributed by atoms with E-state index < -0.39 is 0 Å². The third-order valence-electron chi connectivity index (χ3n) is 5.24. The molecule has 1 N–H and O–H groups in total. The average molecular weight is 383 g/mol. The van der Waals surface area contributed by atoms with Crippen molar-refractivity contribution in [1.29, 1.82) is 0 Å². The molecule has 0 bridgehead atoms. The minimum Gasteiger partial charge on any atom is -0.445 e. The molecule has 0 aromatic heterocycles. The van der Waals surface area contributed by atoms with Gasteiger partial charge in [-0.25, -0.2) is 4.79 Å². The summed E-state index contributed by atoms with van der Waals surface area (Å²) in [5.41, 5.74) is 2.30. The second-order valence-corrected chi connectivity index (χ2v) is 7.30. The van der Waals surface area contributed by atoms with E-state index in [0.717, 1.165) is 38.0 Å². The lowest BCUT2D eigenvalue weighted by Crippen LogP contribution is -2.47. The van der Waals surface area contributed by atoms with Crippen LogP contribution in [0.4, 0.5) is 4.79 Å². The molecule has 1 amide bonds. The summed E-state index contributed by atoms with van der Waals surface area (Å²) in [6.45, 7) is 3.76. The number of amides is 1. The topological polar surface area (TPSA) is 53.0 Å². The molecule has 1 aliphatic rings. The van der Waals surface area contributed by atoms with Gasteiger partial charge in [-0.2, -0.15) is 0 Å². The standard InChI is InChI=1S/C23H30N2O3/c26-17-7-14-25(23(27)28-19-21-10-5-2-6-11-21)22-12-15-24(16-13-22)18-20-8-3-1-4-9-20/h1-6,8-11,22,26H,7,12-19H2. The van der Waals surface area contributed by atoms with Crippen molar-refractivity contribution in [2.45, 2.75) is 38.5 Å². The van der Waals surface area contributed by atoms with E-state index in [9.17, 15) is 9.90 Å². The van der Waals surface area contributed by atoms with Crippen molar-refractivity contribution in [3.05, 3.63) is 71.8 Å². The number of nitrogens with zero attached hydrogens (tertiary/aromatic N) is 2. The van der Waals surface area contributed by atoms with Gasteiger partial charge in [-0.1, -0.05) is 60.7 Å². The second kappa shape index (κ2) is 10.8. The highest BCUT2D eigenvalue weighted by Crippen LogP contribution is 2.20. The molecule has 0 aliphatic carbocycles. The predicted molar refractivity (Wildman–Crippen MR) is 110 cm³/mol. The van der Waals surface area contributed by atoms with Gasteiger partial charge in [0, 0.05) is 38.8 Å². The first kappa shape index (κ1) is 20.4. The molecule has 1 aliphatic heterocycles. The maximum Gasteiger partial charge on any atom is 0.410 e. The summed E-state index contributed by atoms with van der Waals surface area (Å²) in [6, 6.07) is 20.4. The summed E-state index contributed by atoms with van der Waals surface area (Å²) >= 11 is 0. The van der Waals surface area contributed by atoms with E-state index in [-0.39, 0.29) is 25.3 Å². The number of likely N-dealkylation sites (tertiary alicyclic amines) is 1. The first-order valence-corrected chi connectivity index (χ1v) is 10.1. The van der Waals surface area contributed by atoms with Gasteiger partial charge < -0.3 is 14.7 Å². The number of aliphatic hydroxyl groups is 1. The van der Waals surface area contributed by atoms with Crippen LogP contribution < -0.4 is 0 Å². The number of ether oxygens (including phenoxy) is 1. The lowest BCUT2D eigenvalue weighted by Gasteiger charge is -2.38. The molecule has 1 fully saturated rings. The van der Waals surface area contributed by atoms with Crippen molar-refractivity contribution >= 4 is 6.09 Å². The minimum atomic E-state index is -0.279. The van der Waals surface area contributed by atoms with Gasteiger partial charge >= 0.3 is 6.09 Å². The molecule has 2 aromatic rings. The molecule has 2 aromatic carbocycles. The molecule has 28 heavy (non-hydrogen) atoms. The van der Waals surface area contributed by atoms with Crippen molar-refractivity contribution < 1.29 is 14.6 Å². The van der Waals surface area contributed by atoms with Gasteiger partial charge in [-0.15, -0.1) is 0 Å². The van der Waals surface area contributed by atoms with Gasteiger partial charge in [0.1, 0.15) is 6.61 Å². The quantitative estimate of drug-likeness (QED) is 0.757. The zero-order chi connectivity index (χ0) is 19.6. The van der Waals surface area contributed by atoms with Gasteiger partial charge in [-0.05, 0) is 30.4 Å². The van der Waals surface area contributed by atoms with Gasteiger partial charge in [0.25, 0.3) is 0 Å². The van der Waals surface area contributed by atoms with Crippen LogP contribution in [0.5, 0.6) is 0 Å². The molecule has 0 unspecified atom stereocenters. The van der Waals surface area contributed by atoms with E-state index in [4.69, 9.17) is 4.74 Å². The summed E-state index contributed by atoms with van der Waals surface area (Å²) in [6.07, 6.45) is 2.15. The maximum absolute atomic E-state index is 12.7. The fourth-order valence-electron chi connectivity index (χ4n) is 3.70. The SMILES string of the molecule is O=C(OCc1ccccc1)N(CCCO)C1CCN(Cc2ccccc2)CC1. The maximum atomic E-state index is 12.7. The fourth-order valence-corrected chi connectivity index (χ4v) is 3.70. The van der Waals surface area contributed by atoms with Gasteiger partial charge in [0.15, 0.2) is 0 Å². The number of carbonyl (C=O) groups excluding carboxylic acids is 1. The van der Waals surface area contributed by atoms with Crippen LogP contribution in [0.3, 0.4) is 0 Å². The predicted octanol–water partition coefficient (Wildman–Crippen LogP) is 3.67. The first-order chi connectivity index (χ1) is 13.8. The molecular weight excluding hydrogens is 352 g/mol. The van der Waals surface area contributed by atoms with Crippen LogP contribution in [0, 0.1) is 0 Å². The van der Waals surface area contributed by atoms with E-state index in [1.807, 2.05) is 41.3 Å². The Hall–Kier alpha value is -2.37. The van der Waals surface area contributed by atoms with Crippen molar-refractivity contribution in [2.75, 3.05) is 26.2 Å². The van der Waals surface area contributed by atoms with Crippen LogP contribution in [-0.4, -0.2) is 53.3 Å². The summed E-state index contributed by atoms with van der Waals surface area (Å²) < 4.78 is 5.55. The Kier molecular flexibility index (Phi) is 7.88. The van der Waals surface area contributed by atoms with E-state index >= 15 is 0 Å². The summed E-state index contributed by atoms with van der Waals surface area (Å²) in [7, 11) is 0. The highest BCUT2D eigenvalue weighted by Gasteiger charge is 2.28. The molecule has 5 heteroatoms. The molecule has 1 heterocycles. The Balaban J connectivity index is 1.52. The zero-order valence-corrected chi connectivity index (χ0v) is 16.4. The molecule has 0 radical (unpaired) electrons. The van der Waals surface area contributed by atoms with Crippen molar-refractivity contribution in [3.63, 3.8) is 0 Å². The van der Waals surface area contributed by atoms with Crippen molar-refractivity contribution in [1.82, 2.24) is 9.80 Å². The number of piperidine rings is 1. The molecule has 3 rings (SSSR count). The van der Waals surface area contributed by atoms with E-state index in [1.165, 1.54) is 5.56 Å². The molecule has 1 saturated heterocycles. The molecule has 0 atom stereocenters. The highest BCUT2D eigenvalue weighted by atomic mass is 16.6. The molecular formula is C23H30N2O3. The van der Waals surface area contributed by atoms with Gasteiger partial charge in [0.2, 0.25) is 0 Å². The molecule has 0 saturated carbocycles. The van der Waals surface area contributed by atoms with E-state index in [2.05, 4.69) is 29.2 Å². The third-order valence-corrected chi connectivity index (χ3v) is 5.24. The first-order valence-electron chi connectivity index (χ1n) is 10.1. The van der Waals surface area contributed by atoms with Crippen LogP contribution in [0.15, 0.2) is 60.7 Å². The monoisotopic (exact) mass is 382 g/mol. The molecule has 150 valence electrons. The number of hydrogen-bond acceptors (Lipinski definition) is 4. The molecule has 5 nitrogen and oxygen atoms in total. The largest absolute Gasteiger partial charge is 0.445 e. The highest BCUT2D eigenvalue weighted by molar-refractivity contribution is 5.68. The molecule has 0 spiro atoms. The Morgan fingerprint density at radius 2 is 1.61 bits per heavy atom. The third kappa shape index (κ3) is 6.08. The normalized spacial score (nSPS) is 15.3. The second-order valence-electron chi connectivity index (χ2n) is 7.30. The number of rotatable bonds is 8. The summed E-state index contributed by atoms with van der Waals surface area (Å²) in [4.78, 5) is 17.0. The zero-order valence-electron chi connectivity index (χ0n) is 16.4. The summed E-state index contributed by atoms with van der Waals surface area (Å²) in [5.74, 6) is 0. The average Bonchev–Trinajstić information content (AvgIpc) is 2.75. The smallest absolute Gasteiger partial charge is 0.410 e. The Labute approximate surface area is 167 Å². The van der Waals surface area contributed by atoms with E-state index in [0.29, 0.717) is 13.0 Å². The number of benzene rings is 2. The Morgan fingerprint density at radius 1 is 1.00 bits per heavy atom. The number of carbonyl (C=O) groups is 1. The van der Waals surface area contributed by atoms with Gasteiger partial charge in [0.05, 0.1) is 0 Å². The lowest BCUT2D eigenvalue weighted by atomic mass is 10.0. The minimum absolute atomic E-state index is 0.0787. The Bertz CT molecular complexity index is 700. The van der Waals surface area contributed by atoms with Crippen molar-refractivity contribution in [2.24, 2.45) is 0 Å². The number of aliphatic hydroxyl groups excluding tert-OH is 1. The van der Waals surface area contributed by atoms with Crippen LogP contribution in [0.1, 0.15) is 30.4 Å². The van der Waals surface area contributed by atoms with E-state index in [1.54, 1.807) is 0 Å². The van der Waals surface area contributed by atoms with Gasteiger partial charge in [-0.3, -0.25) is 4.90 Å². The number of hydrogen-bond donors (Lipinski definition) is 1. The fraction of sp³-hybridized carbons (Fsp3) is 0.435. The van der Waals surface area contributed by atoms with Crippen LogP contribution in [-0.2, 0) is 17.9 Å².